The van der Waals surface area contributed by atoms with E-state index in [2.05, 4.69) is 10.3 Å². The third-order valence-corrected chi connectivity index (χ3v) is 4.65. The molecule has 2 aliphatic rings. The summed E-state index contributed by atoms with van der Waals surface area (Å²) in [4.78, 5) is 30.2. The third kappa shape index (κ3) is 2.36. The van der Waals surface area contributed by atoms with Crippen LogP contribution in [-0.2, 0) is 11.3 Å². The molecule has 0 atom stereocenters. The van der Waals surface area contributed by atoms with Gasteiger partial charge in [-0.3, -0.25) is 9.69 Å². The number of urea groups is 1. The fraction of sp³-hybridized carbons (Fsp3) is 0.353. The SMILES string of the molecule is O=C1NC2(CCCC2)C(=O)N1Cc1coc(-c2cccc(F)c2)n1. The van der Waals surface area contributed by atoms with Gasteiger partial charge in [0.2, 0.25) is 5.89 Å². The van der Waals surface area contributed by atoms with Gasteiger partial charge in [-0.25, -0.2) is 14.2 Å². The van der Waals surface area contributed by atoms with Crippen molar-refractivity contribution in [2.24, 2.45) is 0 Å². The van der Waals surface area contributed by atoms with Crippen LogP contribution < -0.4 is 5.32 Å². The number of rotatable bonds is 3. The van der Waals surface area contributed by atoms with Gasteiger partial charge >= 0.3 is 6.03 Å². The van der Waals surface area contributed by atoms with Crippen molar-refractivity contribution < 1.29 is 18.4 Å². The van der Waals surface area contributed by atoms with E-state index in [1.165, 1.54) is 23.3 Å². The van der Waals surface area contributed by atoms with Crippen molar-refractivity contribution in [1.29, 1.82) is 0 Å². The maximum absolute atomic E-state index is 13.3. The van der Waals surface area contributed by atoms with Crippen LogP contribution in [0.15, 0.2) is 34.9 Å². The van der Waals surface area contributed by atoms with E-state index in [0.29, 0.717) is 24.1 Å². The highest BCUT2D eigenvalue weighted by molar-refractivity contribution is 6.07. The number of carbonyl (C=O) groups is 2. The van der Waals surface area contributed by atoms with Crippen LogP contribution in [0.2, 0.25) is 0 Å². The molecule has 2 aromatic rings. The van der Waals surface area contributed by atoms with Gasteiger partial charge in [-0.15, -0.1) is 0 Å². The van der Waals surface area contributed by atoms with E-state index in [9.17, 15) is 14.0 Å². The fourth-order valence-corrected chi connectivity index (χ4v) is 3.43. The zero-order chi connectivity index (χ0) is 16.7. The summed E-state index contributed by atoms with van der Waals surface area (Å²) >= 11 is 0. The van der Waals surface area contributed by atoms with E-state index < -0.39 is 11.6 Å². The molecule has 0 bridgehead atoms. The molecule has 6 nitrogen and oxygen atoms in total. The number of hydrogen-bond donors (Lipinski definition) is 1. The lowest BCUT2D eigenvalue weighted by molar-refractivity contribution is -0.131. The summed E-state index contributed by atoms with van der Waals surface area (Å²) in [5, 5.41) is 2.82. The van der Waals surface area contributed by atoms with Crippen molar-refractivity contribution in [3.63, 3.8) is 0 Å². The molecule has 2 heterocycles. The van der Waals surface area contributed by atoms with Crippen molar-refractivity contribution in [2.45, 2.75) is 37.8 Å². The number of nitrogens with one attached hydrogen (secondary N) is 1. The Morgan fingerprint density at radius 1 is 1.29 bits per heavy atom. The first-order valence-corrected chi connectivity index (χ1v) is 7.92. The van der Waals surface area contributed by atoms with Crippen molar-refractivity contribution in [2.75, 3.05) is 0 Å². The minimum absolute atomic E-state index is 0.0469. The average molecular weight is 329 g/mol. The quantitative estimate of drug-likeness (QED) is 0.879. The molecule has 1 N–H and O–H groups in total. The normalized spacial score (nSPS) is 19.3. The number of carbonyl (C=O) groups excluding carboxylic acids is 2. The molecular formula is C17H16FN3O3. The van der Waals surface area contributed by atoms with Gasteiger partial charge in [-0.1, -0.05) is 18.9 Å². The highest BCUT2D eigenvalue weighted by Gasteiger charge is 2.52. The standard InChI is InChI=1S/C17H16FN3O3/c18-12-5-3-4-11(8-12)14-19-13(10-24-14)9-21-15(22)17(20-16(21)23)6-1-2-7-17/h3-5,8,10H,1-2,6-7,9H2,(H,20,23). The van der Waals surface area contributed by atoms with Crippen molar-refractivity contribution >= 4 is 11.9 Å². The minimum Gasteiger partial charge on any atom is -0.444 e. The molecule has 1 aromatic carbocycles. The molecule has 1 aromatic heterocycles. The predicted octanol–water partition coefficient (Wildman–Crippen LogP) is 2.85. The van der Waals surface area contributed by atoms with Crippen LogP contribution in [0, 0.1) is 5.82 Å². The Morgan fingerprint density at radius 2 is 2.08 bits per heavy atom. The minimum atomic E-state index is -0.730. The third-order valence-electron chi connectivity index (χ3n) is 4.65. The second-order valence-corrected chi connectivity index (χ2v) is 6.27. The van der Waals surface area contributed by atoms with Crippen LogP contribution >= 0.6 is 0 Å². The first-order chi connectivity index (χ1) is 11.6. The molecule has 0 radical (unpaired) electrons. The van der Waals surface area contributed by atoms with Gasteiger partial charge in [0.1, 0.15) is 17.6 Å². The van der Waals surface area contributed by atoms with Crippen LogP contribution in [0.3, 0.4) is 0 Å². The van der Waals surface area contributed by atoms with Crippen LogP contribution in [0.25, 0.3) is 11.5 Å². The second-order valence-electron chi connectivity index (χ2n) is 6.27. The molecule has 4 rings (SSSR count). The van der Waals surface area contributed by atoms with Gasteiger partial charge < -0.3 is 9.73 Å². The summed E-state index contributed by atoms with van der Waals surface area (Å²) in [5.74, 6) is -0.322. The van der Waals surface area contributed by atoms with E-state index >= 15 is 0 Å². The lowest BCUT2D eigenvalue weighted by atomic mass is 9.98. The number of nitrogens with zero attached hydrogens (tertiary/aromatic N) is 2. The second kappa shape index (κ2) is 5.43. The summed E-state index contributed by atoms with van der Waals surface area (Å²) in [6, 6.07) is 5.51. The topological polar surface area (TPSA) is 75.4 Å². The van der Waals surface area contributed by atoms with Crippen molar-refractivity contribution in [1.82, 2.24) is 15.2 Å². The number of benzene rings is 1. The first-order valence-electron chi connectivity index (χ1n) is 7.92. The molecule has 1 saturated heterocycles. The molecule has 0 unspecified atom stereocenters. The van der Waals surface area contributed by atoms with Crippen molar-refractivity contribution in [3.05, 3.63) is 42.0 Å². The highest BCUT2D eigenvalue weighted by atomic mass is 19.1. The van der Waals surface area contributed by atoms with E-state index in [4.69, 9.17) is 4.42 Å². The van der Waals surface area contributed by atoms with Gasteiger partial charge in [-0.2, -0.15) is 0 Å². The average Bonchev–Trinajstić information content (AvgIpc) is 3.26. The number of imide groups is 1. The molecule has 1 aliphatic heterocycles. The number of oxazole rings is 1. The Labute approximate surface area is 137 Å². The monoisotopic (exact) mass is 329 g/mol. The molecule has 7 heteroatoms. The number of halogens is 1. The molecule has 3 amide bonds. The van der Waals surface area contributed by atoms with E-state index in [1.54, 1.807) is 12.1 Å². The van der Waals surface area contributed by atoms with Crippen LogP contribution in [0.4, 0.5) is 9.18 Å². The van der Waals surface area contributed by atoms with E-state index in [1.807, 2.05) is 0 Å². The summed E-state index contributed by atoms with van der Waals surface area (Å²) in [5.41, 5.74) is 0.227. The van der Waals surface area contributed by atoms with Gasteiger partial charge in [-0.05, 0) is 31.0 Å². The zero-order valence-electron chi connectivity index (χ0n) is 12.9. The van der Waals surface area contributed by atoms with Gasteiger partial charge in [0, 0.05) is 5.56 Å². The summed E-state index contributed by atoms with van der Waals surface area (Å²) in [7, 11) is 0. The Kier molecular flexibility index (Phi) is 3.37. The molecule has 124 valence electrons. The van der Waals surface area contributed by atoms with E-state index in [0.717, 1.165) is 12.8 Å². The smallest absolute Gasteiger partial charge is 0.325 e. The molecule has 24 heavy (non-hydrogen) atoms. The van der Waals surface area contributed by atoms with Crippen LogP contribution in [-0.4, -0.2) is 27.4 Å². The number of aromatic nitrogens is 1. The molecule has 2 fully saturated rings. The molecule has 1 aliphatic carbocycles. The lowest BCUT2D eigenvalue weighted by Gasteiger charge is -2.19. The molecule has 1 spiro atoms. The highest BCUT2D eigenvalue weighted by Crippen LogP contribution is 2.35. The predicted molar refractivity (Wildman–Crippen MR) is 82.2 cm³/mol. The summed E-state index contributed by atoms with van der Waals surface area (Å²) in [6.07, 6.45) is 4.63. The van der Waals surface area contributed by atoms with Gasteiger partial charge in [0.05, 0.1) is 12.2 Å². The first kappa shape index (κ1) is 14.9. The molecular weight excluding hydrogens is 313 g/mol. The zero-order valence-corrected chi connectivity index (χ0v) is 12.9. The Bertz CT molecular complexity index is 811. The van der Waals surface area contributed by atoms with Crippen molar-refractivity contribution in [3.8, 4) is 11.5 Å². The fourth-order valence-electron chi connectivity index (χ4n) is 3.43. The Balaban J connectivity index is 1.54. The maximum atomic E-state index is 13.3. The van der Waals surface area contributed by atoms with Crippen LogP contribution in [0.5, 0.6) is 0 Å². The summed E-state index contributed by atoms with van der Waals surface area (Å²) in [6.45, 7) is 0.0469. The lowest BCUT2D eigenvalue weighted by Crippen LogP contribution is -2.44. The maximum Gasteiger partial charge on any atom is 0.325 e. The largest absolute Gasteiger partial charge is 0.444 e. The van der Waals surface area contributed by atoms with Gasteiger partial charge in [0.15, 0.2) is 0 Å². The molecule has 1 saturated carbocycles. The van der Waals surface area contributed by atoms with E-state index in [-0.39, 0.29) is 24.2 Å². The Hall–Kier alpha value is -2.70. The Morgan fingerprint density at radius 3 is 2.83 bits per heavy atom. The van der Waals surface area contributed by atoms with Gasteiger partial charge in [0.25, 0.3) is 5.91 Å². The number of hydrogen-bond acceptors (Lipinski definition) is 4. The summed E-state index contributed by atoms with van der Waals surface area (Å²) < 4.78 is 18.6. The number of amides is 3. The van der Waals surface area contributed by atoms with Crippen LogP contribution in [0.1, 0.15) is 31.4 Å².